The minimum Gasteiger partial charge on any atom is -0.380 e. The first-order valence-electron chi connectivity index (χ1n) is 11.3. The summed E-state index contributed by atoms with van der Waals surface area (Å²) in [6.07, 6.45) is 0.811. The molecule has 0 bridgehead atoms. The van der Waals surface area contributed by atoms with E-state index in [9.17, 15) is 14.9 Å². The molecule has 0 spiro atoms. The van der Waals surface area contributed by atoms with Gasteiger partial charge in [0, 0.05) is 16.8 Å². The van der Waals surface area contributed by atoms with Crippen LogP contribution in [0.2, 0.25) is 0 Å². The molecule has 1 fully saturated rings. The van der Waals surface area contributed by atoms with E-state index in [1.54, 1.807) is 10.6 Å². The molecule has 5 rings (SSSR count). The van der Waals surface area contributed by atoms with Crippen LogP contribution in [0.5, 0.6) is 0 Å². The van der Waals surface area contributed by atoms with E-state index in [-0.39, 0.29) is 16.7 Å². The maximum Gasteiger partial charge on any atom is 0.332 e. The minimum absolute atomic E-state index is 0.201. The Hall–Kier alpha value is -3.47. The molecule has 2 aromatic heterocycles. The molecule has 34 heavy (non-hydrogen) atoms. The number of fused-ring (bicyclic) bond motifs is 1. The van der Waals surface area contributed by atoms with Gasteiger partial charge in [0.2, 0.25) is 0 Å². The summed E-state index contributed by atoms with van der Waals surface area (Å²) in [6.45, 7) is 5.91. The van der Waals surface area contributed by atoms with Crippen LogP contribution in [0.25, 0.3) is 21.3 Å². The van der Waals surface area contributed by atoms with Crippen molar-refractivity contribution in [2.24, 2.45) is 5.41 Å². The van der Waals surface area contributed by atoms with Gasteiger partial charge in [-0.1, -0.05) is 56.3 Å². The summed E-state index contributed by atoms with van der Waals surface area (Å²) in [7, 11) is 0. The molecule has 0 unspecified atom stereocenters. The Morgan fingerprint density at radius 2 is 1.82 bits per heavy atom. The van der Waals surface area contributed by atoms with E-state index in [2.05, 4.69) is 13.0 Å². The Kier molecular flexibility index (Phi) is 5.72. The maximum absolute atomic E-state index is 13.6. The highest BCUT2D eigenvalue weighted by Gasteiger charge is 2.35. The van der Waals surface area contributed by atoms with Crippen molar-refractivity contribution >= 4 is 21.6 Å². The van der Waals surface area contributed by atoms with Crippen molar-refractivity contribution in [3.63, 3.8) is 0 Å². The fourth-order valence-corrected chi connectivity index (χ4v) is 5.51. The molecule has 4 aromatic rings. The predicted octanol–water partition coefficient (Wildman–Crippen LogP) is 4.41. The Morgan fingerprint density at radius 3 is 2.47 bits per heavy atom. The lowest BCUT2D eigenvalue weighted by Gasteiger charge is -2.38. The summed E-state index contributed by atoms with van der Waals surface area (Å²) < 4.78 is 8.45. The second-order valence-electron chi connectivity index (χ2n) is 9.20. The standard InChI is InChI=1S/C27H25N3O3S/c1-3-21-12-23-24(31)30(15-27(2)16-33-17-27)26(32)29(25(23)34-21)14-18-8-10-19(11-9-18)22-7-5-4-6-20(22)13-28/h4-12H,3,14-17H2,1-2H3. The van der Waals surface area contributed by atoms with Crippen molar-refractivity contribution in [3.8, 4) is 17.2 Å². The molecule has 2 aromatic carbocycles. The van der Waals surface area contributed by atoms with Crippen molar-refractivity contribution in [2.75, 3.05) is 13.2 Å². The number of ether oxygens (including phenoxy) is 1. The first kappa shape index (κ1) is 22.3. The molecule has 0 atom stereocenters. The van der Waals surface area contributed by atoms with E-state index in [1.165, 1.54) is 15.9 Å². The van der Waals surface area contributed by atoms with Gasteiger partial charge in [-0.15, -0.1) is 11.3 Å². The van der Waals surface area contributed by atoms with Crippen LogP contribution < -0.4 is 11.2 Å². The molecular weight excluding hydrogens is 446 g/mol. The molecule has 6 nitrogen and oxygen atoms in total. The van der Waals surface area contributed by atoms with E-state index in [0.29, 0.717) is 37.3 Å². The van der Waals surface area contributed by atoms with Gasteiger partial charge in [-0.25, -0.2) is 4.79 Å². The van der Waals surface area contributed by atoms with Crippen LogP contribution in [0.15, 0.2) is 64.2 Å². The fourth-order valence-electron chi connectivity index (χ4n) is 4.43. The van der Waals surface area contributed by atoms with Crippen LogP contribution in [-0.2, 0) is 24.2 Å². The molecule has 3 heterocycles. The zero-order valence-corrected chi connectivity index (χ0v) is 20.0. The monoisotopic (exact) mass is 471 g/mol. The second kappa shape index (κ2) is 8.71. The van der Waals surface area contributed by atoms with Crippen molar-refractivity contribution in [1.82, 2.24) is 9.13 Å². The Labute approximate surface area is 201 Å². The van der Waals surface area contributed by atoms with Crippen LogP contribution >= 0.6 is 11.3 Å². The third kappa shape index (κ3) is 3.89. The molecule has 172 valence electrons. The van der Waals surface area contributed by atoms with Crippen molar-refractivity contribution in [1.29, 1.82) is 5.26 Å². The van der Waals surface area contributed by atoms with Gasteiger partial charge in [-0.2, -0.15) is 5.26 Å². The Bertz CT molecular complexity index is 1530. The summed E-state index contributed by atoms with van der Waals surface area (Å²) >= 11 is 1.51. The molecule has 0 amide bonds. The number of hydrogen-bond donors (Lipinski definition) is 0. The summed E-state index contributed by atoms with van der Waals surface area (Å²) in [4.78, 5) is 28.6. The summed E-state index contributed by atoms with van der Waals surface area (Å²) in [6, 6.07) is 19.6. The molecule has 0 aliphatic carbocycles. The predicted molar refractivity (Wildman–Crippen MR) is 134 cm³/mol. The third-order valence-corrected chi connectivity index (χ3v) is 7.69. The molecule has 1 aliphatic rings. The number of aryl methyl sites for hydroxylation is 1. The molecule has 0 radical (unpaired) electrons. The van der Waals surface area contributed by atoms with Crippen LogP contribution in [0.3, 0.4) is 0 Å². The third-order valence-electron chi connectivity index (χ3n) is 6.39. The van der Waals surface area contributed by atoms with E-state index in [4.69, 9.17) is 4.74 Å². The Balaban J connectivity index is 1.57. The van der Waals surface area contributed by atoms with Crippen molar-refractivity contribution < 1.29 is 4.74 Å². The zero-order chi connectivity index (χ0) is 23.9. The van der Waals surface area contributed by atoms with Gasteiger partial charge in [-0.05, 0) is 35.2 Å². The highest BCUT2D eigenvalue weighted by molar-refractivity contribution is 7.18. The summed E-state index contributed by atoms with van der Waals surface area (Å²) in [5.41, 5.74) is 2.71. The van der Waals surface area contributed by atoms with Gasteiger partial charge in [-0.3, -0.25) is 13.9 Å². The number of aromatic nitrogens is 2. The molecule has 0 N–H and O–H groups in total. The number of nitriles is 1. The lowest BCUT2D eigenvalue weighted by molar-refractivity contribution is -0.111. The number of nitrogens with zero attached hydrogens (tertiary/aromatic N) is 3. The minimum atomic E-state index is -0.283. The highest BCUT2D eigenvalue weighted by Crippen LogP contribution is 2.29. The highest BCUT2D eigenvalue weighted by atomic mass is 32.1. The first-order valence-corrected chi connectivity index (χ1v) is 12.2. The first-order chi connectivity index (χ1) is 16.4. The van der Waals surface area contributed by atoms with Gasteiger partial charge >= 0.3 is 5.69 Å². The van der Waals surface area contributed by atoms with Crippen LogP contribution in [0.1, 0.15) is 29.9 Å². The van der Waals surface area contributed by atoms with Gasteiger partial charge in [0.15, 0.2) is 0 Å². The van der Waals surface area contributed by atoms with Crippen LogP contribution in [-0.4, -0.2) is 22.3 Å². The topological polar surface area (TPSA) is 77.0 Å². The van der Waals surface area contributed by atoms with Gasteiger partial charge < -0.3 is 4.74 Å². The molecule has 0 saturated carbocycles. The second-order valence-corrected chi connectivity index (χ2v) is 10.3. The average Bonchev–Trinajstić information content (AvgIpc) is 3.28. The number of thiophene rings is 1. The lowest BCUT2D eigenvalue weighted by Crippen LogP contribution is -2.50. The normalized spacial score (nSPS) is 14.6. The van der Waals surface area contributed by atoms with Crippen LogP contribution in [0.4, 0.5) is 0 Å². The average molecular weight is 472 g/mol. The van der Waals surface area contributed by atoms with Crippen molar-refractivity contribution in [3.05, 3.63) is 91.4 Å². The SMILES string of the molecule is CCc1cc2c(=O)n(CC3(C)COC3)c(=O)n(Cc3ccc(-c4ccccc4C#N)cc3)c2s1. The van der Waals surface area contributed by atoms with Crippen molar-refractivity contribution in [2.45, 2.75) is 33.4 Å². The van der Waals surface area contributed by atoms with E-state index < -0.39 is 0 Å². The van der Waals surface area contributed by atoms with E-state index in [1.807, 2.05) is 55.5 Å². The van der Waals surface area contributed by atoms with E-state index in [0.717, 1.165) is 32.8 Å². The largest absolute Gasteiger partial charge is 0.380 e. The van der Waals surface area contributed by atoms with E-state index >= 15 is 0 Å². The molecule has 7 heteroatoms. The maximum atomic E-state index is 13.6. The molecule has 1 aliphatic heterocycles. The van der Waals surface area contributed by atoms with Gasteiger partial charge in [0.1, 0.15) is 4.83 Å². The lowest BCUT2D eigenvalue weighted by atomic mass is 9.88. The Morgan fingerprint density at radius 1 is 1.09 bits per heavy atom. The van der Waals surface area contributed by atoms with Gasteiger partial charge in [0.05, 0.1) is 36.8 Å². The quantitative estimate of drug-likeness (QED) is 0.417. The number of hydrogen-bond acceptors (Lipinski definition) is 5. The fraction of sp³-hybridized carbons (Fsp3) is 0.296. The number of benzene rings is 2. The molecular formula is C27H25N3O3S. The zero-order valence-electron chi connectivity index (χ0n) is 19.2. The number of rotatable bonds is 6. The summed E-state index contributed by atoms with van der Waals surface area (Å²) in [5.74, 6) is 0. The summed E-state index contributed by atoms with van der Waals surface area (Å²) in [5, 5.41) is 10.0. The smallest absolute Gasteiger partial charge is 0.332 e. The van der Waals surface area contributed by atoms with Crippen LogP contribution in [0, 0.1) is 16.7 Å². The van der Waals surface area contributed by atoms with Gasteiger partial charge in [0.25, 0.3) is 5.56 Å². The molecule has 1 saturated heterocycles.